The van der Waals surface area contributed by atoms with Crippen LogP contribution in [-0.4, -0.2) is 17.1 Å². The largest absolute Gasteiger partial charge is 0.494 e. The van der Waals surface area contributed by atoms with Crippen molar-refractivity contribution in [2.75, 3.05) is 7.11 Å². The molecule has 3 heteroatoms. The van der Waals surface area contributed by atoms with E-state index in [-0.39, 0.29) is 0 Å². The van der Waals surface area contributed by atoms with Gasteiger partial charge in [-0.25, -0.2) is 4.98 Å². The first-order valence-electron chi connectivity index (χ1n) is 4.46. The fraction of sp³-hybridized carbons (Fsp3) is 0.273. The molecule has 0 unspecified atom stereocenters. The second-order valence-electron chi connectivity index (χ2n) is 2.12. The standard InChI is InChI=1S/C9H10N2O.C2H6/c1-4-8(12-3)9-7(2)10-5-6-11-9;1-2/h4-6H,1-2H2,3H3;1-2H3/b9-8-;. The zero-order valence-corrected chi connectivity index (χ0v) is 8.95. The average Bonchev–Trinajstić information content (AvgIpc) is 2.25. The molecule has 14 heavy (non-hydrogen) atoms. The molecule has 0 bridgehead atoms. The smallest absolute Gasteiger partial charge is 0.146 e. The lowest BCUT2D eigenvalue weighted by Gasteiger charge is -1.97. The van der Waals surface area contributed by atoms with Crippen LogP contribution >= 0.6 is 0 Å². The third kappa shape index (κ3) is 3.01. The molecule has 0 N–H and O–H groups in total. The fourth-order valence-corrected chi connectivity index (χ4v) is 0.849. The minimum atomic E-state index is 0.591. The van der Waals surface area contributed by atoms with E-state index in [1.807, 2.05) is 13.8 Å². The van der Waals surface area contributed by atoms with Crippen LogP contribution in [0.1, 0.15) is 13.8 Å². The van der Waals surface area contributed by atoms with Crippen molar-refractivity contribution in [1.29, 1.82) is 0 Å². The molecule has 0 aliphatic carbocycles. The van der Waals surface area contributed by atoms with E-state index in [1.54, 1.807) is 25.6 Å². The first kappa shape index (κ1) is 12.4. The van der Waals surface area contributed by atoms with E-state index in [0.29, 0.717) is 16.5 Å². The Morgan fingerprint density at radius 1 is 1.36 bits per heavy atom. The molecule has 0 aliphatic heterocycles. The van der Waals surface area contributed by atoms with Gasteiger partial charge in [0, 0.05) is 12.4 Å². The lowest BCUT2D eigenvalue weighted by atomic mass is 10.4. The summed E-state index contributed by atoms with van der Waals surface area (Å²) in [5, 5.41) is 1.23. The van der Waals surface area contributed by atoms with Gasteiger partial charge in [-0.05, 0) is 6.08 Å². The van der Waals surface area contributed by atoms with Crippen LogP contribution in [0.25, 0.3) is 12.3 Å². The van der Waals surface area contributed by atoms with Crippen LogP contribution in [0.3, 0.4) is 0 Å². The van der Waals surface area contributed by atoms with E-state index in [1.165, 1.54) is 0 Å². The van der Waals surface area contributed by atoms with Gasteiger partial charge in [0.15, 0.2) is 0 Å². The van der Waals surface area contributed by atoms with Gasteiger partial charge < -0.3 is 4.74 Å². The maximum Gasteiger partial charge on any atom is 0.146 e. The van der Waals surface area contributed by atoms with Gasteiger partial charge in [-0.1, -0.05) is 27.0 Å². The molecule has 3 nitrogen and oxygen atoms in total. The summed E-state index contributed by atoms with van der Waals surface area (Å²) in [5.41, 5.74) is 0. The Morgan fingerprint density at radius 2 is 1.93 bits per heavy atom. The molecule has 1 heterocycles. The predicted molar refractivity (Wildman–Crippen MR) is 58.8 cm³/mol. The molecule has 0 aromatic carbocycles. The summed E-state index contributed by atoms with van der Waals surface area (Å²) < 4.78 is 5.02. The lowest BCUT2D eigenvalue weighted by Crippen LogP contribution is -2.31. The van der Waals surface area contributed by atoms with Gasteiger partial charge in [0.25, 0.3) is 0 Å². The molecule has 0 amide bonds. The van der Waals surface area contributed by atoms with Crippen LogP contribution in [0.2, 0.25) is 0 Å². The number of nitrogens with zero attached hydrogens (tertiary/aromatic N) is 2. The van der Waals surface area contributed by atoms with Crippen molar-refractivity contribution in [3.63, 3.8) is 0 Å². The van der Waals surface area contributed by atoms with Gasteiger partial charge in [0.1, 0.15) is 11.1 Å². The normalized spacial score (nSPS) is 10.8. The summed E-state index contributed by atoms with van der Waals surface area (Å²) in [6.45, 7) is 11.3. The minimum Gasteiger partial charge on any atom is -0.494 e. The molecular formula is C11H16N2O. The van der Waals surface area contributed by atoms with Gasteiger partial charge in [0.2, 0.25) is 0 Å². The first-order valence-corrected chi connectivity index (χ1v) is 4.46. The predicted octanol–water partition coefficient (Wildman–Crippen LogP) is 0.854. The van der Waals surface area contributed by atoms with E-state index in [0.717, 1.165) is 0 Å². The van der Waals surface area contributed by atoms with Crippen molar-refractivity contribution in [2.24, 2.45) is 0 Å². The Balaban J connectivity index is 0.000000791. The monoisotopic (exact) mass is 192 g/mol. The summed E-state index contributed by atoms with van der Waals surface area (Å²) in [5.74, 6) is 0.591. The van der Waals surface area contributed by atoms with Gasteiger partial charge in [-0.15, -0.1) is 0 Å². The van der Waals surface area contributed by atoms with Crippen molar-refractivity contribution in [1.82, 2.24) is 9.97 Å². The van der Waals surface area contributed by atoms with Crippen molar-refractivity contribution in [3.8, 4) is 0 Å². The summed E-state index contributed by atoms with van der Waals surface area (Å²) in [4.78, 5) is 8.04. The highest BCUT2D eigenvalue weighted by atomic mass is 16.5. The number of ether oxygens (including phenoxy) is 1. The first-order chi connectivity index (χ1) is 6.79. The maximum atomic E-state index is 5.02. The second kappa shape index (κ2) is 6.83. The summed E-state index contributed by atoms with van der Waals surface area (Å²) >= 11 is 0. The molecule has 0 saturated heterocycles. The van der Waals surface area contributed by atoms with E-state index in [2.05, 4.69) is 23.1 Å². The van der Waals surface area contributed by atoms with Crippen molar-refractivity contribution in [2.45, 2.75) is 13.8 Å². The number of hydrogen-bond acceptors (Lipinski definition) is 3. The van der Waals surface area contributed by atoms with Crippen molar-refractivity contribution in [3.05, 3.63) is 35.7 Å². The minimum absolute atomic E-state index is 0.591. The van der Waals surface area contributed by atoms with Crippen molar-refractivity contribution >= 4 is 12.3 Å². The van der Waals surface area contributed by atoms with Crippen LogP contribution < -0.4 is 10.7 Å². The van der Waals surface area contributed by atoms with Crippen molar-refractivity contribution < 1.29 is 4.74 Å². The summed E-state index contributed by atoms with van der Waals surface area (Å²) in [7, 11) is 1.56. The SMILES string of the molecule is C=C/C(OC)=c1/nccnc1=C.CC. The van der Waals surface area contributed by atoms with Gasteiger partial charge in [-0.3, -0.25) is 4.98 Å². The Bertz CT molecular complexity index is 385. The average molecular weight is 192 g/mol. The molecule has 0 radical (unpaired) electrons. The highest BCUT2D eigenvalue weighted by Gasteiger charge is 1.92. The number of rotatable bonds is 2. The van der Waals surface area contributed by atoms with Crippen LogP contribution in [0.4, 0.5) is 0 Å². The van der Waals surface area contributed by atoms with E-state index in [4.69, 9.17) is 4.74 Å². The molecule has 1 rings (SSSR count). The van der Waals surface area contributed by atoms with Crippen LogP contribution in [0.15, 0.2) is 25.0 Å². The fourth-order valence-electron chi connectivity index (χ4n) is 0.849. The molecular weight excluding hydrogens is 176 g/mol. The molecule has 1 aromatic heterocycles. The molecule has 0 spiro atoms. The van der Waals surface area contributed by atoms with Gasteiger partial charge in [0.05, 0.1) is 12.5 Å². The Morgan fingerprint density at radius 3 is 2.36 bits per heavy atom. The highest BCUT2D eigenvalue weighted by Crippen LogP contribution is 1.89. The zero-order valence-electron chi connectivity index (χ0n) is 8.95. The van der Waals surface area contributed by atoms with E-state index >= 15 is 0 Å². The summed E-state index contributed by atoms with van der Waals surface area (Å²) in [6.07, 6.45) is 4.76. The molecule has 0 atom stereocenters. The van der Waals surface area contributed by atoms with Crippen LogP contribution in [0.5, 0.6) is 0 Å². The number of methoxy groups -OCH3 is 1. The molecule has 1 aromatic rings. The topological polar surface area (TPSA) is 35.0 Å². The Kier molecular flexibility index (Phi) is 6.03. The maximum absolute atomic E-state index is 5.02. The molecule has 0 aliphatic rings. The quantitative estimate of drug-likeness (QED) is 0.697. The third-order valence-electron chi connectivity index (χ3n) is 1.41. The second-order valence-corrected chi connectivity index (χ2v) is 2.12. The summed E-state index contributed by atoms with van der Waals surface area (Å²) in [6, 6.07) is 0. The zero-order chi connectivity index (χ0) is 11.0. The van der Waals surface area contributed by atoms with E-state index in [9.17, 15) is 0 Å². The Labute approximate surface area is 84.5 Å². The van der Waals surface area contributed by atoms with Gasteiger partial charge >= 0.3 is 0 Å². The molecule has 0 fully saturated rings. The lowest BCUT2D eigenvalue weighted by molar-refractivity contribution is 0.368. The molecule has 76 valence electrons. The van der Waals surface area contributed by atoms with Gasteiger partial charge in [-0.2, -0.15) is 0 Å². The number of hydrogen-bond donors (Lipinski definition) is 0. The number of aromatic nitrogens is 2. The van der Waals surface area contributed by atoms with Crippen LogP contribution in [-0.2, 0) is 4.74 Å². The highest BCUT2D eigenvalue weighted by molar-refractivity contribution is 5.45. The van der Waals surface area contributed by atoms with E-state index < -0.39 is 0 Å². The third-order valence-corrected chi connectivity index (χ3v) is 1.41. The molecule has 0 saturated carbocycles. The van der Waals surface area contributed by atoms with Crippen LogP contribution in [0, 0.1) is 0 Å². The Hall–Kier alpha value is -1.64.